The van der Waals surface area contributed by atoms with Crippen molar-refractivity contribution in [1.82, 2.24) is 10.2 Å². The Balaban J connectivity index is 3.04. The molecule has 1 heterocycles. The van der Waals surface area contributed by atoms with Crippen LogP contribution in [0.15, 0.2) is 0 Å². The Morgan fingerprint density at radius 3 is 2.56 bits per heavy atom. The fraction of sp³-hybridized carbons (Fsp3) is 0.429. The van der Waals surface area contributed by atoms with Crippen molar-refractivity contribution >= 4 is 0 Å². The number of aromatic nitrogens is 2. The van der Waals surface area contributed by atoms with Gasteiger partial charge in [-0.2, -0.15) is 5.10 Å². The molecule has 0 unspecified atom stereocenters. The molecular weight excluding hydrogens is 112 g/mol. The number of aryl methyl sites for hydroxylation is 2. The van der Waals surface area contributed by atoms with E-state index in [9.17, 15) is 0 Å². The Labute approximate surface area is 55.3 Å². The van der Waals surface area contributed by atoms with Gasteiger partial charge in [0, 0.05) is 5.69 Å². The van der Waals surface area contributed by atoms with Crippen LogP contribution in [-0.2, 0) is 6.42 Å². The van der Waals surface area contributed by atoms with E-state index in [2.05, 4.69) is 24.0 Å². The normalized spacial score (nSPS) is 10.1. The Hall–Kier alpha value is -0.790. The van der Waals surface area contributed by atoms with Crippen LogP contribution in [-0.4, -0.2) is 10.2 Å². The highest BCUT2D eigenvalue weighted by Crippen LogP contribution is 2.07. The molecule has 1 aromatic rings. The summed E-state index contributed by atoms with van der Waals surface area (Å²) in [6, 6.07) is 0. The summed E-state index contributed by atoms with van der Waals surface area (Å²) in [4.78, 5) is 0. The molecule has 0 amide bonds. The quantitative estimate of drug-likeness (QED) is 0.601. The number of rotatable bonds is 1. The van der Waals surface area contributed by atoms with Crippen molar-refractivity contribution in [3.63, 3.8) is 0 Å². The Morgan fingerprint density at radius 2 is 2.33 bits per heavy atom. The van der Waals surface area contributed by atoms with Crippen molar-refractivity contribution in [2.24, 2.45) is 0 Å². The predicted octanol–water partition coefficient (Wildman–Crippen LogP) is 1.46. The zero-order valence-electron chi connectivity index (χ0n) is 5.86. The Kier molecular flexibility index (Phi) is 1.56. The maximum atomic E-state index is 4.05. The number of hydrogen-bond acceptors (Lipinski definition) is 1. The summed E-state index contributed by atoms with van der Waals surface area (Å²) in [6.45, 7) is 7.91. The van der Waals surface area contributed by atoms with Crippen LogP contribution in [0.1, 0.15) is 23.9 Å². The summed E-state index contributed by atoms with van der Waals surface area (Å²) >= 11 is 0. The van der Waals surface area contributed by atoms with Crippen molar-refractivity contribution in [1.29, 1.82) is 0 Å². The van der Waals surface area contributed by atoms with E-state index in [1.807, 2.05) is 6.92 Å². The zero-order chi connectivity index (χ0) is 6.85. The smallest absolute Gasteiger partial charge is 0.0654 e. The van der Waals surface area contributed by atoms with Crippen molar-refractivity contribution in [3.05, 3.63) is 23.9 Å². The lowest BCUT2D eigenvalue weighted by Gasteiger charge is -1.88. The molecule has 0 spiro atoms. The van der Waals surface area contributed by atoms with Crippen LogP contribution in [0.3, 0.4) is 0 Å². The molecule has 9 heavy (non-hydrogen) atoms. The molecular formula is C7H11N2. The molecule has 1 aromatic heterocycles. The molecule has 1 radical (unpaired) electrons. The molecule has 0 aliphatic rings. The second-order valence-corrected chi connectivity index (χ2v) is 2.13. The van der Waals surface area contributed by atoms with Gasteiger partial charge in [0.05, 0.1) is 5.69 Å². The Morgan fingerprint density at radius 1 is 1.67 bits per heavy atom. The number of nitrogens with zero attached hydrogens (tertiary/aromatic N) is 1. The lowest BCUT2D eigenvalue weighted by Crippen LogP contribution is -1.81. The zero-order valence-corrected chi connectivity index (χ0v) is 5.86. The monoisotopic (exact) mass is 123 g/mol. The van der Waals surface area contributed by atoms with Gasteiger partial charge in [0.25, 0.3) is 0 Å². The molecule has 0 atom stereocenters. The lowest BCUT2D eigenvalue weighted by atomic mass is 10.2. The first-order chi connectivity index (χ1) is 4.25. The van der Waals surface area contributed by atoms with Gasteiger partial charge in [-0.05, 0) is 25.8 Å². The molecule has 2 nitrogen and oxygen atoms in total. The van der Waals surface area contributed by atoms with Crippen LogP contribution in [0, 0.1) is 13.8 Å². The van der Waals surface area contributed by atoms with E-state index < -0.39 is 0 Å². The predicted molar refractivity (Wildman–Crippen MR) is 37.2 cm³/mol. The number of H-pyrrole nitrogens is 1. The van der Waals surface area contributed by atoms with Gasteiger partial charge < -0.3 is 0 Å². The van der Waals surface area contributed by atoms with E-state index in [0.29, 0.717) is 0 Å². The van der Waals surface area contributed by atoms with Gasteiger partial charge in [0.15, 0.2) is 0 Å². The van der Waals surface area contributed by atoms with E-state index in [4.69, 9.17) is 0 Å². The van der Waals surface area contributed by atoms with Gasteiger partial charge in [-0.1, -0.05) is 6.92 Å². The summed E-state index contributed by atoms with van der Waals surface area (Å²) in [5, 5.41) is 6.92. The molecule has 0 saturated heterocycles. The molecule has 0 aromatic carbocycles. The third kappa shape index (κ3) is 0.969. The second-order valence-electron chi connectivity index (χ2n) is 2.13. The fourth-order valence-corrected chi connectivity index (χ4v) is 0.795. The van der Waals surface area contributed by atoms with E-state index in [-0.39, 0.29) is 0 Å². The van der Waals surface area contributed by atoms with Crippen LogP contribution in [0.25, 0.3) is 0 Å². The summed E-state index contributed by atoms with van der Waals surface area (Å²) in [7, 11) is 0. The summed E-state index contributed by atoms with van der Waals surface area (Å²) in [5.41, 5.74) is 3.21. The van der Waals surface area contributed by atoms with Crippen molar-refractivity contribution < 1.29 is 0 Å². The van der Waals surface area contributed by atoms with Gasteiger partial charge in [0.1, 0.15) is 0 Å². The molecule has 0 fully saturated rings. The highest BCUT2D eigenvalue weighted by atomic mass is 15.1. The van der Waals surface area contributed by atoms with Crippen LogP contribution >= 0.6 is 0 Å². The molecule has 1 rings (SSSR count). The van der Waals surface area contributed by atoms with Crippen LogP contribution in [0.4, 0.5) is 0 Å². The van der Waals surface area contributed by atoms with Crippen LogP contribution in [0.5, 0.6) is 0 Å². The Bertz CT molecular complexity index is 201. The minimum Gasteiger partial charge on any atom is -0.282 e. The van der Waals surface area contributed by atoms with Crippen molar-refractivity contribution in [2.45, 2.75) is 20.3 Å². The summed E-state index contributed by atoms with van der Waals surface area (Å²) in [5.74, 6) is 0. The van der Waals surface area contributed by atoms with E-state index in [0.717, 1.165) is 23.4 Å². The minimum absolute atomic E-state index is 0.961. The summed E-state index contributed by atoms with van der Waals surface area (Å²) < 4.78 is 0. The first kappa shape index (κ1) is 6.33. The van der Waals surface area contributed by atoms with Gasteiger partial charge in [-0.3, -0.25) is 5.10 Å². The molecule has 0 aliphatic heterocycles. The third-order valence-electron chi connectivity index (χ3n) is 1.49. The van der Waals surface area contributed by atoms with Crippen molar-refractivity contribution in [3.8, 4) is 0 Å². The molecule has 0 bridgehead atoms. The van der Waals surface area contributed by atoms with Gasteiger partial charge in [-0.15, -0.1) is 0 Å². The number of hydrogen-bond donors (Lipinski definition) is 1. The molecule has 0 aliphatic carbocycles. The largest absolute Gasteiger partial charge is 0.282 e. The van der Waals surface area contributed by atoms with E-state index >= 15 is 0 Å². The van der Waals surface area contributed by atoms with Crippen LogP contribution in [0.2, 0.25) is 0 Å². The molecule has 1 N–H and O–H groups in total. The maximum absolute atomic E-state index is 4.05. The standard InChI is InChI=1S/C7H11N2/c1-4-7-5(2)6(3)8-9-7/h2,4H2,1,3H3,(H,8,9). The van der Waals surface area contributed by atoms with Gasteiger partial charge in [0.2, 0.25) is 0 Å². The number of nitrogens with one attached hydrogen (secondary N) is 1. The molecule has 0 saturated carbocycles. The van der Waals surface area contributed by atoms with Crippen LogP contribution < -0.4 is 0 Å². The first-order valence-corrected chi connectivity index (χ1v) is 3.11. The highest BCUT2D eigenvalue weighted by molar-refractivity contribution is 5.26. The summed E-state index contributed by atoms with van der Waals surface area (Å²) in [6.07, 6.45) is 0.961. The topological polar surface area (TPSA) is 28.7 Å². The SMILES string of the molecule is [CH2]c1c(CC)n[nH]c1C. The maximum Gasteiger partial charge on any atom is 0.0654 e. The first-order valence-electron chi connectivity index (χ1n) is 3.11. The number of aromatic amines is 1. The molecule has 2 heteroatoms. The molecule has 49 valence electrons. The highest BCUT2D eigenvalue weighted by Gasteiger charge is 2.00. The minimum atomic E-state index is 0.961. The van der Waals surface area contributed by atoms with Crippen molar-refractivity contribution in [2.75, 3.05) is 0 Å². The fourth-order valence-electron chi connectivity index (χ4n) is 0.795. The van der Waals surface area contributed by atoms with Gasteiger partial charge in [-0.25, -0.2) is 0 Å². The van der Waals surface area contributed by atoms with E-state index in [1.54, 1.807) is 0 Å². The average Bonchev–Trinajstić information content (AvgIpc) is 2.15. The van der Waals surface area contributed by atoms with Gasteiger partial charge >= 0.3 is 0 Å². The second kappa shape index (κ2) is 2.21. The van der Waals surface area contributed by atoms with E-state index in [1.165, 1.54) is 0 Å². The lowest BCUT2D eigenvalue weighted by molar-refractivity contribution is 0.961. The third-order valence-corrected chi connectivity index (χ3v) is 1.49. The average molecular weight is 123 g/mol.